The molecule has 7 nitrogen and oxygen atoms in total. The van der Waals surface area contributed by atoms with Crippen molar-refractivity contribution >= 4 is 21.9 Å². The van der Waals surface area contributed by atoms with Gasteiger partial charge in [0.2, 0.25) is 5.91 Å². The largest absolute Gasteiger partial charge is 0.302 e. The van der Waals surface area contributed by atoms with Crippen LogP contribution in [0, 0.1) is 5.92 Å². The van der Waals surface area contributed by atoms with Crippen molar-refractivity contribution in [2.24, 2.45) is 5.92 Å². The second-order valence-corrected chi connectivity index (χ2v) is 5.33. The van der Waals surface area contributed by atoms with Crippen molar-refractivity contribution in [3.63, 3.8) is 0 Å². The molecule has 17 heavy (non-hydrogen) atoms. The summed E-state index contributed by atoms with van der Waals surface area (Å²) >= 11 is 0. The van der Waals surface area contributed by atoms with E-state index >= 15 is 0 Å². The van der Waals surface area contributed by atoms with E-state index in [1.54, 1.807) is 0 Å². The van der Waals surface area contributed by atoms with E-state index < -0.39 is 27.5 Å². The normalized spacial score (nSPS) is 21.1. The highest BCUT2D eigenvalue weighted by Crippen LogP contribution is 2.23. The van der Waals surface area contributed by atoms with Crippen LogP contribution >= 0.6 is 0 Å². The SMILES string of the molecule is O=C1CC(CS(=O)(=O)F)CN1c1cc(=O)[nH][nH]1. The molecule has 1 unspecified atom stereocenters. The average Bonchev–Trinajstić information content (AvgIpc) is 2.70. The Kier molecular flexibility index (Phi) is 2.77. The van der Waals surface area contributed by atoms with Gasteiger partial charge in [0.15, 0.2) is 0 Å². The van der Waals surface area contributed by atoms with Gasteiger partial charge in [-0.3, -0.25) is 24.7 Å². The summed E-state index contributed by atoms with van der Waals surface area (Å²) in [6, 6.07) is 1.18. The zero-order valence-corrected chi connectivity index (χ0v) is 9.46. The number of amides is 1. The van der Waals surface area contributed by atoms with E-state index in [0.29, 0.717) is 0 Å². The van der Waals surface area contributed by atoms with Crippen molar-refractivity contribution in [2.75, 3.05) is 17.2 Å². The van der Waals surface area contributed by atoms with Crippen LogP contribution in [-0.2, 0) is 15.0 Å². The lowest BCUT2D eigenvalue weighted by Gasteiger charge is -2.12. The summed E-state index contributed by atoms with van der Waals surface area (Å²) in [6.07, 6.45) is -0.0453. The molecule has 0 aromatic carbocycles. The smallest absolute Gasteiger partial charge is 0.297 e. The molecule has 2 N–H and O–H groups in total. The number of aromatic nitrogens is 2. The highest BCUT2D eigenvalue weighted by molar-refractivity contribution is 7.86. The molecular formula is C8H10FN3O4S. The summed E-state index contributed by atoms with van der Waals surface area (Å²) < 4.78 is 33.4. The van der Waals surface area contributed by atoms with Crippen LogP contribution in [0.2, 0.25) is 0 Å². The van der Waals surface area contributed by atoms with Crippen LogP contribution in [0.25, 0.3) is 0 Å². The highest BCUT2D eigenvalue weighted by Gasteiger charge is 2.34. The van der Waals surface area contributed by atoms with E-state index in [9.17, 15) is 21.9 Å². The molecule has 1 fully saturated rings. The van der Waals surface area contributed by atoms with Crippen LogP contribution in [-0.4, -0.2) is 36.8 Å². The van der Waals surface area contributed by atoms with Crippen LogP contribution in [0.15, 0.2) is 10.9 Å². The Balaban J connectivity index is 2.13. The lowest BCUT2D eigenvalue weighted by atomic mass is 10.1. The van der Waals surface area contributed by atoms with Crippen molar-refractivity contribution in [3.8, 4) is 0 Å². The minimum absolute atomic E-state index is 0.0453. The first-order chi connectivity index (χ1) is 7.85. The van der Waals surface area contributed by atoms with Crippen LogP contribution in [0.5, 0.6) is 0 Å². The number of H-pyrrole nitrogens is 2. The summed E-state index contributed by atoms with van der Waals surface area (Å²) in [4.78, 5) is 23.7. The maximum atomic E-state index is 12.5. The maximum Gasteiger partial charge on any atom is 0.302 e. The van der Waals surface area contributed by atoms with Gasteiger partial charge in [-0.2, -0.15) is 8.42 Å². The van der Waals surface area contributed by atoms with E-state index in [4.69, 9.17) is 0 Å². The van der Waals surface area contributed by atoms with Gasteiger partial charge < -0.3 is 0 Å². The van der Waals surface area contributed by atoms with Crippen LogP contribution < -0.4 is 10.5 Å². The molecule has 0 saturated carbocycles. The summed E-state index contributed by atoms with van der Waals surface area (Å²) in [6.45, 7) is 0.0791. The number of hydrogen-bond acceptors (Lipinski definition) is 4. The molecule has 2 heterocycles. The monoisotopic (exact) mass is 263 g/mol. The third-order valence-electron chi connectivity index (χ3n) is 2.51. The van der Waals surface area contributed by atoms with Gasteiger partial charge in [0, 0.05) is 24.9 Å². The summed E-state index contributed by atoms with van der Waals surface area (Å²) in [7, 11) is -4.59. The van der Waals surface area contributed by atoms with Crippen LogP contribution in [0.4, 0.5) is 9.70 Å². The molecule has 1 aliphatic rings. The number of nitrogens with zero attached hydrogens (tertiary/aromatic N) is 1. The third kappa shape index (κ3) is 2.73. The Morgan fingerprint density at radius 1 is 1.41 bits per heavy atom. The number of anilines is 1. The standard InChI is InChI=1S/C8H10FN3O4S/c9-17(15,16)4-5-1-8(14)12(3-5)6-2-7(13)11-10-6/h2,5H,1,3-4H2,(H2,10,11,13). The van der Waals surface area contributed by atoms with Crippen molar-refractivity contribution in [2.45, 2.75) is 6.42 Å². The lowest BCUT2D eigenvalue weighted by molar-refractivity contribution is -0.117. The van der Waals surface area contributed by atoms with Crippen molar-refractivity contribution in [1.29, 1.82) is 0 Å². The fraction of sp³-hybridized carbons (Fsp3) is 0.500. The van der Waals surface area contributed by atoms with Crippen molar-refractivity contribution < 1.29 is 17.1 Å². The lowest BCUT2D eigenvalue weighted by Crippen LogP contribution is -2.25. The number of carbonyl (C=O) groups is 1. The van der Waals surface area contributed by atoms with Gasteiger partial charge in [-0.25, -0.2) is 0 Å². The van der Waals surface area contributed by atoms with Gasteiger partial charge in [0.1, 0.15) is 5.82 Å². The molecule has 2 rings (SSSR count). The molecule has 1 amide bonds. The molecule has 0 aliphatic carbocycles. The third-order valence-corrected chi connectivity index (χ3v) is 3.38. The second-order valence-electron chi connectivity index (χ2n) is 3.92. The van der Waals surface area contributed by atoms with Crippen molar-refractivity contribution in [3.05, 3.63) is 16.4 Å². The first-order valence-corrected chi connectivity index (χ1v) is 6.41. The molecule has 0 bridgehead atoms. The molecular weight excluding hydrogens is 253 g/mol. The number of rotatable bonds is 3. The molecule has 1 aromatic heterocycles. The molecule has 1 aromatic rings. The number of hydrogen-bond donors (Lipinski definition) is 2. The van der Waals surface area contributed by atoms with Gasteiger partial charge in [-0.1, -0.05) is 0 Å². The predicted octanol–water partition coefficient (Wildman–Crippen LogP) is -0.645. The van der Waals surface area contributed by atoms with E-state index in [1.165, 1.54) is 11.0 Å². The van der Waals surface area contributed by atoms with Gasteiger partial charge in [0.25, 0.3) is 5.56 Å². The molecule has 1 atom stereocenters. The Morgan fingerprint density at radius 2 is 2.12 bits per heavy atom. The quantitative estimate of drug-likeness (QED) is 0.707. The Labute approximate surface area is 95.8 Å². The van der Waals surface area contributed by atoms with Gasteiger partial charge in [-0.15, -0.1) is 3.89 Å². The number of halogens is 1. The molecule has 1 aliphatic heterocycles. The van der Waals surface area contributed by atoms with E-state index in [2.05, 4.69) is 10.2 Å². The molecule has 94 valence electrons. The zero-order valence-electron chi connectivity index (χ0n) is 8.64. The molecule has 0 radical (unpaired) electrons. The summed E-state index contributed by atoms with van der Waals surface area (Å²) in [5, 5.41) is 4.75. The van der Waals surface area contributed by atoms with Gasteiger partial charge in [0.05, 0.1) is 5.75 Å². The number of nitrogens with one attached hydrogen (secondary N) is 2. The summed E-state index contributed by atoms with van der Waals surface area (Å²) in [5.74, 6) is -1.34. The predicted molar refractivity (Wildman–Crippen MR) is 56.8 cm³/mol. The molecule has 1 saturated heterocycles. The van der Waals surface area contributed by atoms with E-state index in [1.807, 2.05) is 0 Å². The highest BCUT2D eigenvalue weighted by atomic mass is 32.3. The molecule has 0 spiro atoms. The zero-order chi connectivity index (χ0) is 12.6. The topological polar surface area (TPSA) is 103 Å². The fourth-order valence-electron chi connectivity index (χ4n) is 1.87. The van der Waals surface area contributed by atoms with E-state index in [0.717, 1.165) is 0 Å². The second kappa shape index (κ2) is 3.99. The number of carbonyl (C=O) groups excluding carboxylic acids is 1. The Morgan fingerprint density at radius 3 is 2.65 bits per heavy atom. The minimum atomic E-state index is -4.59. The Bertz CT molecular complexity index is 590. The van der Waals surface area contributed by atoms with E-state index in [-0.39, 0.29) is 24.7 Å². The fourth-order valence-corrected chi connectivity index (χ4v) is 2.66. The first kappa shape index (κ1) is 11.8. The number of aromatic amines is 2. The maximum absolute atomic E-state index is 12.5. The Hall–Kier alpha value is -1.64. The van der Waals surface area contributed by atoms with Crippen LogP contribution in [0.1, 0.15) is 6.42 Å². The minimum Gasteiger partial charge on any atom is -0.297 e. The van der Waals surface area contributed by atoms with Crippen LogP contribution in [0.3, 0.4) is 0 Å². The summed E-state index contributed by atoms with van der Waals surface area (Å²) in [5.41, 5.74) is -0.394. The van der Waals surface area contributed by atoms with Gasteiger partial charge >= 0.3 is 10.2 Å². The first-order valence-electron chi connectivity index (χ1n) is 4.85. The van der Waals surface area contributed by atoms with Crippen molar-refractivity contribution in [1.82, 2.24) is 10.2 Å². The average molecular weight is 263 g/mol. The molecule has 9 heteroatoms. The van der Waals surface area contributed by atoms with Gasteiger partial charge in [-0.05, 0) is 0 Å².